The van der Waals surface area contributed by atoms with Gasteiger partial charge in [-0.25, -0.2) is 9.37 Å². The van der Waals surface area contributed by atoms with E-state index in [4.69, 9.17) is 10.7 Å². The Morgan fingerprint density at radius 1 is 1.31 bits per heavy atom. The first-order valence-electron chi connectivity index (χ1n) is 11.3. The molecule has 1 saturated carbocycles. The number of carbonyl (C=O) groups is 1. The number of halogens is 1. The van der Waals surface area contributed by atoms with Gasteiger partial charge in [0.15, 0.2) is 0 Å². The summed E-state index contributed by atoms with van der Waals surface area (Å²) in [7, 11) is 0. The fourth-order valence-corrected chi connectivity index (χ4v) is 5.30. The zero-order valence-corrected chi connectivity index (χ0v) is 18.7. The molecule has 1 aliphatic carbocycles. The molecule has 166 valence electrons. The number of benzene rings is 1. The van der Waals surface area contributed by atoms with E-state index in [0.717, 1.165) is 41.8 Å². The number of likely N-dealkylation sites (tertiary alicyclic amines) is 1. The molecular formula is C25H28FN5O. The SMILES string of the molecule is CCn1c(/C(C)=N/c2cc(C(=O)N3CC4CC[C@@H]3C4N)cc(F)c2C)cc2cccnc21. The second-order valence-electron chi connectivity index (χ2n) is 8.93. The van der Waals surface area contributed by atoms with E-state index in [1.165, 1.54) is 6.07 Å². The summed E-state index contributed by atoms with van der Waals surface area (Å²) in [6.07, 6.45) is 3.76. The van der Waals surface area contributed by atoms with Gasteiger partial charge < -0.3 is 15.2 Å². The molecule has 2 unspecified atom stereocenters. The van der Waals surface area contributed by atoms with Crippen molar-refractivity contribution in [3.8, 4) is 0 Å². The highest BCUT2D eigenvalue weighted by atomic mass is 19.1. The number of aryl methyl sites for hydroxylation is 1. The highest BCUT2D eigenvalue weighted by molar-refractivity contribution is 6.03. The zero-order chi connectivity index (χ0) is 22.6. The van der Waals surface area contributed by atoms with Crippen molar-refractivity contribution in [1.82, 2.24) is 14.5 Å². The monoisotopic (exact) mass is 433 g/mol. The number of nitrogens with two attached hydrogens (primary N) is 1. The van der Waals surface area contributed by atoms with E-state index in [1.807, 2.05) is 30.0 Å². The first-order chi connectivity index (χ1) is 15.4. The second kappa shape index (κ2) is 7.81. The Bertz CT molecular complexity index is 1250. The van der Waals surface area contributed by atoms with Crippen molar-refractivity contribution in [1.29, 1.82) is 0 Å². The smallest absolute Gasteiger partial charge is 0.254 e. The van der Waals surface area contributed by atoms with Crippen LogP contribution in [0, 0.1) is 18.7 Å². The largest absolute Gasteiger partial charge is 0.334 e. The standard InChI is InChI=1S/C25H28FN5O/c1-4-30-22(12-16-6-5-9-28-24(16)30)15(3)29-20-11-18(10-19(26)14(20)2)25(32)31-13-17-7-8-21(31)23(17)27/h5-6,9-12,17,21,23H,4,7-8,13,27H2,1-3H3/b29-15+/t17?,21-,23?/m1/s1. The van der Waals surface area contributed by atoms with Gasteiger partial charge in [0, 0.05) is 47.9 Å². The summed E-state index contributed by atoms with van der Waals surface area (Å²) >= 11 is 0. The van der Waals surface area contributed by atoms with E-state index in [0.29, 0.717) is 29.3 Å². The van der Waals surface area contributed by atoms with Crippen LogP contribution in [0.5, 0.6) is 0 Å². The number of fused-ring (bicyclic) bond motifs is 3. The van der Waals surface area contributed by atoms with Crippen molar-refractivity contribution in [2.24, 2.45) is 16.6 Å². The molecule has 0 radical (unpaired) electrons. The van der Waals surface area contributed by atoms with Crippen LogP contribution in [0.15, 0.2) is 41.5 Å². The van der Waals surface area contributed by atoms with Crippen molar-refractivity contribution < 1.29 is 9.18 Å². The fraction of sp³-hybridized carbons (Fsp3) is 0.400. The molecule has 2 N–H and O–H groups in total. The molecule has 5 rings (SSSR count). The van der Waals surface area contributed by atoms with E-state index in [2.05, 4.69) is 16.5 Å². The van der Waals surface area contributed by atoms with Crippen LogP contribution in [0.3, 0.4) is 0 Å². The molecule has 3 heterocycles. The number of piperidine rings is 1. The van der Waals surface area contributed by atoms with E-state index in [1.54, 1.807) is 19.2 Å². The van der Waals surface area contributed by atoms with Gasteiger partial charge in [-0.2, -0.15) is 0 Å². The molecule has 1 saturated heterocycles. The minimum absolute atomic E-state index is 0.0264. The van der Waals surface area contributed by atoms with Crippen LogP contribution in [0.2, 0.25) is 0 Å². The number of hydrogen-bond acceptors (Lipinski definition) is 4. The molecule has 7 heteroatoms. The van der Waals surface area contributed by atoms with Gasteiger partial charge in [-0.05, 0) is 69.9 Å². The lowest BCUT2D eigenvalue weighted by Crippen LogP contribution is -2.41. The fourth-order valence-electron chi connectivity index (χ4n) is 5.30. The first-order valence-corrected chi connectivity index (χ1v) is 11.3. The number of carbonyl (C=O) groups excluding carboxylic acids is 1. The summed E-state index contributed by atoms with van der Waals surface area (Å²) in [5.74, 6) is -0.232. The lowest BCUT2D eigenvalue weighted by Gasteiger charge is -2.27. The Labute approximate surface area is 186 Å². The van der Waals surface area contributed by atoms with Gasteiger partial charge in [0.2, 0.25) is 0 Å². The van der Waals surface area contributed by atoms with Crippen molar-refractivity contribution in [2.75, 3.05) is 6.54 Å². The quantitative estimate of drug-likeness (QED) is 0.627. The van der Waals surface area contributed by atoms with Gasteiger partial charge in [-0.3, -0.25) is 9.79 Å². The molecule has 1 amide bonds. The highest BCUT2D eigenvalue weighted by Crippen LogP contribution is 2.38. The van der Waals surface area contributed by atoms with Crippen LogP contribution < -0.4 is 5.73 Å². The average Bonchev–Trinajstić information content (AvgIpc) is 3.45. The van der Waals surface area contributed by atoms with Gasteiger partial charge in [0.1, 0.15) is 11.5 Å². The van der Waals surface area contributed by atoms with Crippen LogP contribution in [0.1, 0.15) is 48.3 Å². The molecule has 1 aliphatic heterocycles. The van der Waals surface area contributed by atoms with Gasteiger partial charge in [-0.1, -0.05) is 0 Å². The van der Waals surface area contributed by atoms with Gasteiger partial charge in [0.25, 0.3) is 5.91 Å². The van der Waals surface area contributed by atoms with Crippen LogP contribution in [-0.2, 0) is 6.54 Å². The third kappa shape index (κ3) is 3.23. The second-order valence-corrected chi connectivity index (χ2v) is 8.93. The highest BCUT2D eigenvalue weighted by Gasteiger charge is 2.46. The van der Waals surface area contributed by atoms with Crippen LogP contribution >= 0.6 is 0 Å². The zero-order valence-electron chi connectivity index (χ0n) is 18.7. The number of nitrogens with zero attached hydrogens (tertiary/aromatic N) is 4. The Kier molecular flexibility index (Phi) is 5.08. The molecule has 2 bridgehead atoms. The van der Waals surface area contributed by atoms with Gasteiger partial charge >= 0.3 is 0 Å². The topological polar surface area (TPSA) is 76.5 Å². The summed E-state index contributed by atoms with van der Waals surface area (Å²) in [5.41, 5.74) is 10.1. The van der Waals surface area contributed by atoms with Crippen LogP contribution in [0.4, 0.5) is 10.1 Å². The maximum Gasteiger partial charge on any atom is 0.254 e. The number of aromatic nitrogens is 2. The first kappa shape index (κ1) is 20.8. The Balaban J connectivity index is 1.52. The van der Waals surface area contributed by atoms with Crippen molar-refractivity contribution in [3.05, 3.63) is 59.2 Å². The minimum atomic E-state index is -0.422. The molecular weight excluding hydrogens is 405 g/mol. The van der Waals surface area contributed by atoms with E-state index >= 15 is 0 Å². The maximum absolute atomic E-state index is 14.8. The molecule has 3 atom stereocenters. The number of amides is 1. The summed E-state index contributed by atoms with van der Waals surface area (Å²) in [6.45, 7) is 7.06. The third-order valence-electron chi connectivity index (χ3n) is 7.11. The Hall–Kier alpha value is -3.06. The molecule has 1 aromatic carbocycles. The average molecular weight is 434 g/mol. The Morgan fingerprint density at radius 2 is 2.12 bits per heavy atom. The molecule has 2 aromatic heterocycles. The van der Waals surface area contributed by atoms with Crippen LogP contribution in [0.25, 0.3) is 11.0 Å². The summed E-state index contributed by atoms with van der Waals surface area (Å²) in [5, 5.41) is 1.03. The normalized spacial score (nSPS) is 22.8. The summed E-state index contributed by atoms with van der Waals surface area (Å²) in [6, 6.07) is 9.09. The maximum atomic E-state index is 14.8. The van der Waals surface area contributed by atoms with E-state index in [-0.39, 0.29) is 18.0 Å². The summed E-state index contributed by atoms with van der Waals surface area (Å²) in [4.78, 5) is 24.3. The summed E-state index contributed by atoms with van der Waals surface area (Å²) < 4.78 is 16.9. The van der Waals surface area contributed by atoms with Gasteiger partial charge in [-0.15, -0.1) is 0 Å². The number of pyridine rings is 1. The number of rotatable bonds is 4. The molecule has 3 aromatic rings. The lowest BCUT2D eigenvalue weighted by molar-refractivity contribution is 0.0700. The molecule has 2 fully saturated rings. The van der Waals surface area contributed by atoms with Crippen LogP contribution in [-0.4, -0.2) is 44.7 Å². The molecule has 6 nitrogen and oxygen atoms in total. The molecule has 2 aliphatic rings. The molecule has 32 heavy (non-hydrogen) atoms. The third-order valence-corrected chi connectivity index (χ3v) is 7.11. The Morgan fingerprint density at radius 3 is 2.81 bits per heavy atom. The van der Waals surface area contributed by atoms with Crippen molar-refractivity contribution in [2.45, 2.75) is 52.2 Å². The minimum Gasteiger partial charge on any atom is -0.334 e. The van der Waals surface area contributed by atoms with Crippen molar-refractivity contribution >= 4 is 28.3 Å². The molecule has 0 spiro atoms. The van der Waals surface area contributed by atoms with E-state index in [9.17, 15) is 9.18 Å². The number of hydrogen-bond donors (Lipinski definition) is 1. The van der Waals surface area contributed by atoms with E-state index < -0.39 is 5.82 Å². The van der Waals surface area contributed by atoms with Gasteiger partial charge in [0.05, 0.1) is 17.1 Å². The predicted octanol–water partition coefficient (Wildman–Crippen LogP) is 4.21. The predicted molar refractivity (Wildman–Crippen MR) is 124 cm³/mol. The lowest BCUT2D eigenvalue weighted by atomic mass is 10.1. The van der Waals surface area contributed by atoms with Crippen molar-refractivity contribution in [3.63, 3.8) is 0 Å². The number of aliphatic imine (C=N–C) groups is 1.